The molecule has 0 aliphatic carbocycles. The molecule has 0 saturated carbocycles. The molecule has 1 atom stereocenters. The van der Waals surface area contributed by atoms with E-state index in [0.717, 1.165) is 6.07 Å². The van der Waals surface area contributed by atoms with Crippen LogP contribution in [0.2, 0.25) is 0 Å². The maximum Gasteiger partial charge on any atom is 0.163 e. The molecule has 1 unspecified atom stereocenters. The lowest BCUT2D eigenvalue weighted by Crippen LogP contribution is -2.19. The Morgan fingerprint density at radius 3 is 2.88 bits per heavy atom. The molecule has 5 heteroatoms. The van der Waals surface area contributed by atoms with E-state index in [0.29, 0.717) is 17.8 Å². The smallest absolute Gasteiger partial charge is 0.163 e. The van der Waals surface area contributed by atoms with Crippen molar-refractivity contribution >= 4 is 0 Å². The van der Waals surface area contributed by atoms with E-state index in [9.17, 15) is 8.78 Å². The average Bonchev–Trinajstić information content (AvgIpc) is 2.82. The van der Waals surface area contributed by atoms with Gasteiger partial charge in [-0.15, -0.1) is 0 Å². The van der Waals surface area contributed by atoms with E-state index in [2.05, 4.69) is 15.0 Å². The zero-order valence-electron chi connectivity index (χ0n) is 9.28. The van der Waals surface area contributed by atoms with Gasteiger partial charge in [0.05, 0.1) is 5.69 Å². The summed E-state index contributed by atoms with van der Waals surface area (Å²) < 4.78 is 31.2. The Hall–Kier alpha value is -1.75. The predicted molar refractivity (Wildman–Crippen MR) is 58.1 cm³/mol. The molecule has 1 N–H and O–H groups in total. The quantitative estimate of drug-likeness (QED) is 0.890. The van der Waals surface area contributed by atoms with Crippen LogP contribution in [0.4, 0.5) is 8.78 Å². The molecule has 1 heterocycles. The topological polar surface area (TPSA) is 38.1 Å². The van der Waals surface area contributed by atoms with Crippen molar-refractivity contribution in [1.82, 2.24) is 10.5 Å². The number of benzene rings is 1. The lowest BCUT2D eigenvalue weighted by molar-refractivity contribution is 0.404. The third-order valence-electron chi connectivity index (χ3n) is 2.53. The third kappa shape index (κ3) is 2.68. The maximum atomic E-state index is 13.5. The average molecular weight is 238 g/mol. The molecule has 2 rings (SSSR count). The molecule has 1 aromatic carbocycles. The zero-order valence-corrected chi connectivity index (χ0v) is 9.28. The van der Waals surface area contributed by atoms with Gasteiger partial charge in [0.2, 0.25) is 0 Å². The van der Waals surface area contributed by atoms with Crippen LogP contribution in [-0.4, -0.2) is 5.16 Å². The van der Waals surface area contributed by atoms with Gasteiger partial charge in [-0.25, -0.2) is 8.78 Å². The number of hydrogen-bond acceptors (Lipinski definition) is 3. The number of aromatic nitrogens is 1. The molecule has 0 aliphatic heterocycles. The van der Waals surface area contributed by atoms with Gasteiger partial charge >= 0.3 is 0 Å². The molecule has 0 saturated heterocycles. The lowest BCUT2D eigenvalue weighted by atomic mass is 10.1. The SMILES string of the molecule is CC(NCc1ccon1)c1cccc(F)c1F. The van der Waals surface area contributed by atoms with Crippen LogP contribution in [0.1, 0.15) is 24.2 Å². The second-order valence-corrected chi connectivity index (χ2v) is 3.74. The highest BCUT2D eigenvalue weighted by Gasteiger charge is 2.13. The monoisotopic (exact) mass is 238 g/mol. The van der Waals surface area contributed by atoms with Crippen molar-refractivity contribution < 1.29 is 13.3 Å². The van der Waals surface area contributed by atoms with Crippen LogP contribution in [0.3, 0.4) is 0 Å². The molecule has 0 radical (unpaired) electrons. The van der Waals surface area contributed by atoms with Crippen LogP contribution in [0.25, 0.3) is 0 Å². The molecule has 3 nitrogen and oxygen atoms in total. The van der Waals surface area contributed by atoms with Crippen molar-refractivity contribution in [2.45, 2.75) is 19.5 Å². The summed E-state index contributed by atoms with van der Waals surface area (Å²) in [7, 11) is 0. The van der Waals surface area contributed by atoms with Gasteiger partial charge in [0.25, 0.3) is 0 Å². The Kier molecular flexibility index (Phi) is 3.49. The first-order valence-corrected chi connectivity index (χ1v) is 5.25. The Balaban J connectivity index is 2.04. The van der Waals surface area contributed by atoms with Crippen LogP contribution >= 0.6 is 0 Å². The molecule has 0 bridgehead atoms. The van der Waals surface area contributed by atoms with E-state index in [-0.39, 0.29) is 6.04 Å². The van der Waals surface area contributed by atoms with Gasteiger partial charge in [-0.2, -0.15) is 0 Å². The van der Waals surface area contributed by atoms with Crippen molar-refractivity contribution in [2.75, 3.05) is 0 Å². The van der Waals surface area contributed by atoms with Crippen LogP contribution in [0.15, 0.2) is 35.1 Å². The van der Waals surface area contributed by atoms with Gasteiger partial charge in [0.15, 0.2) is 11.6 Å². The van der Waals surface area contributed by atoms with Crippen molar-refractivity contribution in [1.29, 1.82) is 0 Å². The van der Waals surface area contributed by atoms with Gasteiger partial charge in [0.1, 0.15) is 6.26 Å². The minimum Gasteiger partial charge on any atom is -0.364 e. The van der Waals surface area contributed by atoms with Crippen LogP contribution in [0, 0.1) is 11.6 Å². The second kappa shape index (κ2) is 5.05. The van der Waals surface area contributed by atoms with Crippen molar-refractivity contribution in [3.8, 4) is 0 Å². The maximum absolute atomic E-state index is 13.5. The molecule has 0 fully saturated rings. The van der Waals surface area contributed by atoms with Crippen molar-refractivity contribution in [3.63, 3.8) is 0 Å². The highest BCUT2D eigenvalue weighted by molar-refractivity contribution is 5.22. The van der Waals surface area contributed by atoms with E-state index in [4.69, 9.17) is 0 Å². The highest BCUT2D eigenvalue weighted by atomic mass is 19.2. The number of halogens is 2. The molecule has 2 aromatic rings. The van der Waals surface area contributed by atoms with Gasteiger partial charge < -0.3 is 9.84 Å². The lowest BCUT2D eigenvalue weighted by Gasteiger charge is -2.14. The van der Waals surface area contributed by atoms with Gasteiger partial charge in [-0.1, -0.05) is 17.3 Å². The molecule has 0 spiro atoms. The van der Waals surface area contributed by atoms with Crippen LogP contribution in [0.5, 0.6) is 0 Å². The fourth-order valence-electron chi connectivity index (χ4n) is 1.55. The summed E-state index contributed by atoms with van der Waals surface area (Å²) >= 11 is 0. The number of nitrogens with zero attached hydrogens (tertiary/aromatic N) is 1. The first kappa shape index (κ1) is 11.7. The van der Waals surface area contributed by atoms with Crippen molar-refractivity contribution in [2.24, 2.45) is 0 Å². The van der Waals surface area contributed by atoms with Gasteiger partial charge in [0, 0.05) is 24.2 Å². The van der Waals surface area contributed by atoms with E-state index in [1.165, 1.54) is 12.3 Å². The van der Waals surface area contributed by atoms with Crippen LogP contribution in [-0.2, 0) is 6.54 Å². The second-order valence-electron chi connectivity index (χ2n) is 3.74. The summed E-state index contributed by atoms with van der Waals surface area (Å²) in [6.45, 7) is 2.20. The fraction of sp³-hybridized carbons (Fsp3) is 0.250. The normalized spacial score (nSPS) is 12.6. The molecule has 0 aliphatic rings. The standard InChI is InChI=1S/C12H12F2N2O/c1-8(15-7-9-5-6-17-16-9)10-3-2-4-11(13)12(10)14/h2-6,8,15H,7H2,1H3. The first-order valence-electron chi connectivity index (χ1n) is 5.25. The van der Waals surface area contributed by atoms with E-state index >= 15 is 0 Å². The van der Waals surface area contributed by atoms with Crippen LogP contribution < -0.4 is 5.32 Å². The molecular weight excluding hydrogens is 226 g/mol. The summed E-state index contributed by atoms with van der Waals surface area (Å²) in [5, 5.41) is 6.76. The summed E-state index contributed by atoms with van der Waals surface area (Å²) in [6, 6.07) is 5.55. The van der Waals surface area contributed by atoms with E-state index in [1.54, 1.807) is 19.1 Å². The molecule has 0 amide bonds. The Labute approximate surface area is 97.4 Å². The zero-order chi connectivity index (χ0) is 12.3. The minimum atomic E-state index is -0.836. The van der Waals surface area contributed by atoms with E-state index in [1.807, 2.05) is 0 Å². The number of nitrogens with one attached hydrogen (secondary N) is 1. The molecule has 1 aromatic heterocycles. The Morgan fingerprint density at radius 2 is 2.18 bits per heavy atom. The number of rotatable bonds is 4. The first-order chi connectivity index (χ1) is 8.18. The largest absolute Gasteiger partial charge is 0.364 e. The molecular formula is C12H12F2N2O. The summed E-state index contributed by atoms with van der Waals surface area (Å²) in [5.74, 6) is -1.65. The summed E-state index contributed by atoms with van der Waals surface area (Å²) in [6.07, 6.45) is 1.46. The third-order valence-corrected chi connectivity index (χ3v) is 2.53. The predicted octanol–water partition coefficient (Wildman–Crippen LogP) is 2.80. The van der Waals surface area contributed by atoms with Gasteiger partial charge in [-0.3, -0.25) is 0 Å². The minimum absolute atomic E-state index is 0.300. The summed E-state index contributed by atoms with van der Waals surface area (Å²) in [4.78, 5) is 0. The van der Waals surface area contributed by atoms with E-state index < -0.39 is 11.6 Å². The Bertz CT molecular complexity index is 485. The van der Waals surface area contributed by atoms with Crippen molar-refractivity contribution in [3.05, 3.63) is 53.4 Å². The molecule has 17 heavy (non-hydrogen) atoms. The Morgan fingerprint density at radius 1 is 1.35 bits per heavy atom. The summed E-state index contributed by atoms with van der Waals surface area (Å²) in [5.41, 5.74) is 1.02. The highest BCUT2D eigenvalue weighted by Crippen LogP contribution is 2.19. The van der Waals surface area contributed by atoms with Gasteiger partial charge in [-0.05, 0) is 13.0 Å². The fourth-order valence-corrected chi connectivity index (χ4v) is 1.55. The molecule has 90 valence electrons. The number of hydrogen-bond donors (Lipinski definition) is 1.